The predicted molar refractivity (Wildman–Crippen MR) is 35.4 cm³/mol. The SMILES string of the molecule is [CH2-]CCOC([CH2-])(C)C.[Y]. The average molecular weight is 203 g/mol. The first-order valence-corrected chi connectivity index (χ1v) is 2.85. The fourth-order valence-electron chi connectivity index (χ4n) is 0.348. The Bertz CT molecular complexity index is 56.4. The molecule has 0 aromatic rings. The molecule has 0 saturated carbocycles. The quantitative estimate of drug-likeness (QED) is 0.636. The van der Waals surface area contributed by atoms with Crippen molar-refractivity contribution in [3.63, 3.8) is 0 Å². The summed E-state index contributed by atoms with van der Waals surface area (Å²) in [5.41, 5.74) is -0.238. The van der Waals surface area contributed by atoms with E-state index in [0.29, 0.717) is 6.61 Å². The van der Waals surface area contributed by atoms with Gasteiger partial charge in [-0.2, -0.15) is 6.42 Å². The van der Waals surface area contributed by atoms with Crippen molar-refractivity contribution in [3.8, 4) is 0 Å². The number of hydrogen-bond donors (Lipinski definition) is 0. The second-order valence-electron chi connectivity index (χ2n) is 2.46. The molecule has 0 aromatic heterocycles. The van der Waals surface area contributed by atoms with E-state index < -0.39 is 0 Å². The molecule has 0 atom stereocenters. The zero-order valence-electron chi connectivity index (χ0n) is 6.31. The molecule has 0 N–H and O–H groups in total. The van der Waals surface area contributed by atoms with Crippen molar-refractivity contribution in [2.45, 2.75) is 25.9 Å². The van der Waals surface area contributed by atoms with Crippen molar-refractivity contribution in [2.24, 2.45) is 0 Å². The standard InChI is InChI=1S/C7H14O.Y/c1-5-6-8-7(2,3)4;/h1-2,5-6H2,3-4H3;/q-2;. The Morgan fingerprint density at radius 1 is 1.44 bits per heavy atom. The van der Waals surface area contributed by atoms with Gasteiger partial charge in [0.05, 0.1) is 0 Å². The Hall–Kier alpha value is 1.06. The van der Waals surface area contributed by atoms with Crippen LogP contribution >= 0.6 is 0 Å². The molecular formula is C7H14OY-2. The van der Waals surface area contributed by atoms with Crippen LogP contribution in [0.5, 0.6) is 0 Å². The van der Waals surface area contributed by atoms with E-state index in [1.165, 1.54) is 0 Å². The molecular weight excluding hydrogens is 189 g/mol. The molecule has 0 spiro atoms. The third-order valence-corrected chi connectivity index (χ3v) is 0.637. The molecule has 0 bridgehead atoms. The topological polar surface area (TPSA) is 9.23 Å². The van der Waals surface area contributed by atoms with Gasteiger partial charge in [-0.15, -0.1) is 0 Å². The number of hydrogen-bond acceptors (Lipinski definition) is 1. The summed E-state index contributed by atoms with van der Waals surface area (Å²) >= 11 is 0. The van der Waals surface area contributed by atoms with Gasteiger partial charge >= 0.3 is 0 Å². The zero-order valence-corrected chi connectivity index (χ0v) is 9.15. The van der Waals surface area contributed by atoms with Crippen molar-refractivity contribution in [2.75, 3.05) is 6.61 Å². The van der Waals surface area contributed by atoms with E-state index in [0.717, 1.165) is 6.42 Å². The van der Waals surface area contributed by atoms with Gasteiger partial charge in [0.1, 0.15) is 0 Å². The zero-order chi connectivity index (χ0) is 6.62. The number of ether oxygens (including phenoxy) is 1. The molecule has 0 fully saturated rings. The van der Waals surface area contributed by atoms with Gasteiger partial charge in [-0.25, -0.2) is 0 Å². The summed E-state index contributed by atoms with van der Waals surface area (Å²) in [7, 11) is 0. The summed E-state index contributed by atoms with van der Waals surface area (Å²) in [6, 6.07) is 0. The molecule has 0 rings (SSSR count). The molecule has 1 nitrogen and oxygen atoms in total. The summed E-state index contributed by atoms with van der Waals surface area (Å²) in [4.78, 5) is 0. The Kier molecular flexibility index (Phi) is 8.22. The molecule has 0 unspecified atom stereocenters. The smallest absolute Gasteiger partial charge is 0.0165 e. The van der Waals surface area contributed by atoms with Crippen LogP contribution < -0.4 is 0 Å². The minimum atomic E-state index is -0.238. The first-order valence-electron chi connectivity index (χ1n) is 2.85. The van der Waals surface area contributed by atoms with Gasteiger partial charge in [0.2, 0.25) is 0 Å². The van der Waals surface area contributed by atoms with Crippen LogP contribution in [-0.4, -0.2) is 12.2 Å². The van der Waals surface area contributed by atoms with Crippen LogP contribution in [-0.2, 0) is 37.4 Å². The van der Waals surface area contributed by atoms with Crippen molar-refractivity contribution in [1.82, 2.24) is 0 Å². The van der Waals surface area contributed by atoms with Gasteiger partial charge in [-0.1, -0.05) is 19.4 Å². The summed E-state index contributed by atoms with van der Waals surface area (Å²) in [5, 5.41) is 0. The van der Waals surface area contributed by atoms with Gasteiger partial charge < -0.3 is 18.6 Å². The molecule has 0 aliphatic heterocycles. The van der Waals surface area contributed by atoms with Gasteiger partial charge in [-0.3, -0.25) is 0 Å². The van der Waals surface area contributed by atoms with E-state index in [9.17, 15) is 0 Å². The van der Waals surface area contributed by atoms with E-state index in [2.05, 4.69) is 13.8 Å². The third kappa shape index (κ3) is 12.3. The molecule has 0 amide bonds. The van der Waals surface area contributed by atoms with Gasteiger partial charge in [0.25, 0.3) is 0 Å². The first-order chi connectivity index (χ1) is 3.56. The minimum Gasteiger partial charge on any atom is -0.410 e. The summed E-state index contributed by atoms with van der Waals surface area (Å²) in [5.74, 6) is 0. The molecule has 9 heavy (non-hydrogen) atoms. The van der Waals surface area contributed by atoms with E-state index in [4.69, 9.17) is 4.74 Å². The van der Waals surface area contributed by atoms with Crippen molar-refractivity contribution in [1.29, 1.82) is 0 Å². The number of rotatable bonds is 3. The minimum absolute atomic E-state index is 0. The molecule has 53 valence electrons. The maximum Gasteiger partial charge on any atom is 0.0165 e. The van der Waals surface area contributed by atoms with E-state index in [1.807, 2.05) is 13.8 Å². The maximum atomic E-state index is 5.20. The normalized spacial score (nSPS) is 10.7. The third-order valence-electron chi connectivity index (χ3n) is 0.637. The van der Waals surface area contributed by atoms with Crippen LogP contribution in [0.15, 0.2) is 0 Å². The van der Waals surface area contributed by atoms with E-state index in [-0.39, 0.29) is 38.3 Å². The monoisotopic (exact) mass is 203 g/mol. The van der Waals surface area contributed by atoms with E-state index >= 15 is 0 Å². The van der Waals surface area contributed by atoms with Crippen LogP contribution in [0.3, 0.4) is 0 Å². The Morgan fingerprint density at radius 3 is 2.00 bits per heavy atom. The molecule has 0 aliphatic carbocycles. The summed E-state index contributed by atoms with van der Waals surface area (Å²) in [6.45, 7) is 12.0. The molecule has 0 aromatic carbocycles. The van der Waals surface area contributed by atoms with Crippen LogP contribution in [0, 0.1) is 13.8 Å². The average Bonchev–Trinajstić information content (AvgIpc) is 1.59. The fraction of sp³-hybridized carbons (Fsp3) is 0.714. The molecule has 0 saturated heterocycles. The maximum absolute atomic E-state index is 5.20. The van der Waals surface area contributed by atoms with Gasteiger partial charge in [0.15, 0.2) is 0 Å². The first kappa shape index (κ1) is 12.7. The van der Waals surface area contributed by atoms with Gasteiger partial charge in [-0.05, 0) is 0 Å². The van der Waals surface area contributed by atoms with Crippen molar-refractivity contribution < 1.29 is 37.4 Å². The van der Waals surface area contributed by atoms with Crippen molar-refractivity contribution >= 4 is 0 Å². The second kappa shape index (κ2) is 5.82. The fourth-order valence-corrected chi connectivity index (χ4v) is 0.348. The molecule has 2 heteroatoms. The predicted octanol–water partition coefficient (Wildman–Crippen LogP) is 1.84. The molecule has 0 heterocycles. The Balaban J connectivity index is 0. The summed E-state index contributed by atoms with van der Waals surface area (Å²) < 4.78 is 5.20. The van der Waals surface area contributed by atoms with Gasteiger partial charge in [0, 0.05) is 39.3 Å². The van der Waals surface area contributed by atoms with E-state index in [1.54, 1.807) is 0 Å². The molecule has 0 aliphatic rings. The summed E-state index contributed by atoms with van der Waals surface area (Å²) in [6.07, 6.45) is 0.818. The Morgan fingerprint density at radius 2 is 1.89 bits per heavy atom. The van der Waals surface area contributed by atoms with Crippen LogP contribution in [0.2, 0.25) is 0 Å². The largest absolute Gasteiger partial charge is 0.410 e. The Labute approximate surface area is 83.4 Å². The molecule has 1 radical (unpaired) electrons. The van der Waals surface area contributed by atoms with Crippen molar-refractivity contribution in [3.05, 3.63) is 13.8 Å². The second-order valence-corrected chi connectivity index (χ2v) is 2.46. The van der Waals surface area contributed by atoms with Crippen LogP contribution in [0.4, 0.5) is 0 Å². The van der Waals surface area contributed by atoms with Crippen LogP contribution in [0.25, 0.3) is 0 Å². The van der Waals surface area contributed by atoms with Crippen LogP contribution in [0.1, 0.15) is 20.3 Å².